The number of allylic oxidation sites excluding steroid dienone is 9. The standard InChI is InChI=1S/C23H37NO2/c1-4-7-9-10-11-12-13-14-15-16-17-19-22(25)24-21-23(26,6-3)20-18-8-5-2/h4,7,9-10,13-17,19,26H,5-6,8,11-12,18,20-21H2,1-3H3,(H,24,25). The van der Waals surface area contributed by atoms with Gasteiger partial charge in [0.2, 0.25) is 5.91 Å². The molecule has 0 rings (SSSR count). The molecule has 26 heavy (non-hydrogen) atoms. The smallest absolute Gasteiger partial charge is 0.244 e. The number of rotatable bonds is 14. The number of carbonyl (C=O) groups excluding carboxylic acids is 1. The summed E-state index contributed by atoms with van der Waals surface area (Å²) in [6.45, 7) is 6.41. The van der Waals surface area contributed by atoms with Crippen LogP contribution < -0.4 is 5.32 Å². The quantitative estimate of drug-likeness (QED) is 0.248. The molecule has 0 heterocycles. The van der Waals surface area contributed by atoms with Crippen molar-refractivity contribution in [2.24, 2.45) is 0 Å². The molecule has 0 aliphatic rings. The van der Waals surface area contributed by atoms with Gasteiger partial charge in [0.05, 0.1) is 5.60 Å². The van der Waals surface area contributed by atoms with Crippen LogP contribution in [-0.4, -0.2) is 23.2 Å². The molecular formula is C23H37NO2. The van der Waals surface area contributed by atoms with E-state index < -0.39 is 5.60 Å². The lowest BCUT2D eigenvalue weighted by atomic mass is 9.93. The number of aliphatic hydroxyl groups is 1. The van der Waals surface area contributed by atoms with Crippen molar-refractivity contribution >= 4 is 5.91 Å². The molecule has 0 aromatic heterocycles. The van der Waals surface area contributed by atoms with E-state index in [4.69, 9.17) is 0 Å². The lowest BCUT2D eigenvalue weighted by Gasteiger charge is -2.26. The van der Waals surface area contributed by atoms with Crippen LogP contribution in [0.25, 0.3) is 0 Å². The molecule has 2 N–H and O–H groups in total. The Labute approximate surface area is 160 Å². The molecule has 1 atom stereocenters. The van der Waals surface area contributed by atoms with Gasteiger partial charge >= 0.3 is 0 Å². The number of unbranched alkanes of at least 4 members (excludes halogenated alkanes) is 3. The van der Waals surface area contributed by atoms with Crippen molar-refractivity contribution in [3.63, 3.8) is 0 Å². The predicted octanol–water partition coefficient (Wildman–Crippen LogP) is 5.41. The number of carbonyl (C=O) groups is 1. The first-order chi connectivity index (χ1) is 12.6. The number of amides is 1. The fourth-order valence-corrected chi connectivity index (χ4v) is 2.33. The van der Waals surface area contributed by atoms with E-state index in [0.29, 0.717) is 13.0 Å². The molecule has 0 bridgehead atoms. The van der Waals surface area contributed by atoms with Crippen molar-refractivity contribution in [2.45, 2.75) is 71.3 Å². The molecular weight excluding hydrogens is 322 g/mol. The van der Waals surface area contributed by atoms with Gasteiger partial charge in [-0.3, -0.25) is 4.79 Å². The molecule has 0 saturated heterocycles. The lowest BCUT2D eigenvalue weighted by molar-refractivity contribution is -0.117. The highest BCUT2D eigenvalue weighted by Crippen LogP contribution is 2.18. The van der Waals surface area contributed by atoms with Gasteiger partial charge in [-0.05, 0) is 32.6 Å². The average Bonchev–Trinajstić information content (AvgIpc) is 2.64. The van der Waals surface area contributed by atoms with Crippen LogP contribution in [0.2, 0.25) is 0 Å². The first-order valence-corrected chi connectivity index (χ1v) is 9.86. The maximum atomic E-state index is 11.8. The molecule has 0 radical (unpaired) electrons. The average molecular weight is 360 g/mol. The zero-order valence-electron chi connectivity index (χ0n) is 16.8. The van der Waals surface area contributed by atoms with Gasteiger partial charge in [0.1, 0.15) is 0 Å². The Hall–Kier alpha value is -1.87. The Morgan fingerprint density at radius 1 is 0.962 bits per heavy atom. The molecule has 0 aliphatic heterocycles. The van der Waals surface area contributed by atoms with Gasteiger partial charge in [-0.2, -0.15) is 0 Å². The van der Waals surface area contributed by atoms with Crippen LogP contribution in [-0.2, 0) is 4.79 Å². The van der Waals surface area contributed by atoms with Crippen molar-refractivity contribution in [2.75, 3.05) is 6.54 Å². The minimum absolute atomic E-state index is 0.171. The molecule has 3 heteroatoms. The maximum Gasteiger partial charge on any atom is 0.244 e. The van der Waals surface area contributed by atoms with E-state index >= 15 is 0 Å². The minimum Gasteiger partial charge on any atom is -0.388 e. The lowest BCUT2D eigenvalue weighted by Crippen LogP contribution is -2.42. The van der Waals surface area contributed by atoms with Gasteiger partial charge in [0, 0.05) is 12.6 Å². The molecule has 1 unspecified atom stereocenters. The zero-order chi connectivity index (χ0) is 19.5. The van der Waals surface area contributed by atoms with E-state index in [-0.39, 0.29) is 5.91 Å². The highest BCUT2D eigenvalue weighted by atomic mass is 16.3. The van der Waals surface area contributed by atoms with Gasteiger partial charge in [-0.1, -0.05) is 87.8 Å². The van der Waals surface area contributed by atoms with Crippen molar-refractivity contribution in [3.8, 4) is 0 Å². The number of hydrogen-bond acceptors (Lipinski definition) is 2. The second-order valence-electron chi connectivity index (χ2n) is 6.46. The molecule has 0 aromatic carbocycles. The third-order valence-electron chi connectivity index (χ3n) is 4.15. The highest BCUT2D eigenvalue weighted by molar-refractivity contribution is 5.87. The zero-order valence-corrected chi connectivity index (χ0v) is 16.8. The van der Waals surface area contributed by atoms with Crippen LogP contribution in [0.5, 0.6) is 0 Å². The van der Waals surface area contributed by atoms with Crippen LogP contribution in [0.1, 0.15) is 65.7 Å². The Kier molecular flexibility index (Phi) is 15.4. The summed E-state index contributed by atoms with van der Waals surface area (Å²) in [6, 6.07) is 0. The fourth-order valence-electron chi connectivity index (χ4n) is 2.33. The van der Waals surface area contributed by atoms with Crippen LogP contribution in [0, 0.1) is 0 Å². The Morgan fingerprint density at radius 3 is 2.23 bits per heavy atom. The van der Waals surface area contributed by atoms with Gasteiger partial charge in [-0.25, -0.2) is 0 Å². The third kappa shape index (κ3) is 14.5. The molecule has 0 aromatic rings. The molecule has 0 fully saturated rings. The fraction of sp³-hybridized carbons (Fsp3) is 0.522. The Bertz CT molecular complexity index is 500. The molecule has 3 nitrogen and oxygen atoms in total. The topological polar surface area (TPSA) is 49.3 Å². The first kappa shape index (κ1) is 24.1. The highest BCUT2D eigenvalue weighted by Gasteiger charge is 2.24. The predicted molar refractivity (Wildman–Crippen MR) is 113 cm³/mol. The summed E-state index contributed by atoms with van der Waals surface area (Å²) in [6.07, 6.45) is 25.9. The molecule has 0 saturated carbocycles. The van der Waals surface area contributed by atoms with E-state index in [1.54, 1.807) is 6.08 Å². The molecule has 1 amide bonds. The van der Waals surface area contributed by atoms with Crippen LogP contribution in [0.3, 0.4) is 0 Å². The second-order valence-corrected chi connectivity index (χ2v) is 6.46. The second kappa shape index (κ2) is 16.6. The summed E-state index contributed by atoms with van der Waals surface area (Å²) in [5, 5.41) is 13.3. The molecule has 0 aliphatic carbocycles. The van der Waals surface area contributed by atoms with Crippen molar-refractivity contribution in [1.82, 2.24) is 5.32 Å². The Morgan fingerprint density at radius 2 is 1.62 bits per heavy atom. The summed E-state index contributed by atoms with van der Waals surface area (Å²) in [4.78, 5) is 11.8. The van der Waals surface area contributed by atoms with Gasteiger partial charge < -0.3 is 10.4 Å². The number of nitrogens with one attached hydrogen (secondary N) is 1. The van der Waals surface area contributed by atoms with E-state index in [1.165, 1.54) is 6.08 Å². The molecule has 0 spiro atoms. The molecule has 146 valence electrons. The SMILES string of the molecule is CC=CC=CCCC=CC=CC=CC(=O)NCC(O)(CC)CCCCC. The van der Waals surface area contributed by atoms with Gasteiger partial charge in [-0.15, -0.1) is 0 Å². The summed E-state index contributed by atoms with van der Waals surface area (Å²) in [5.74, 6) is -0.171. The van der Waals surface area contributed by atoms with E-state index in [2.05, 4.69) is 30.5 Å². The summed E-state index contributed by atoms with van der Waals surface area (Å²) in [5.41, 5.74) is -0.793. The Balaban J connectivity index is 4.03. The van der Waals surface area contributed by atoms with Crippen molar-refractivity contribution in [1.29, 1.82) is 0 Å². The first-order valence-electron chi connectivity index (χ1n) is 9.86. The van der Waals surface area contributed by atoms with Crippen LogP contribution in [0.4, 0.5) is 0 Å². The minimum atomic E-state index is -0.793. The third-order valence-corrected chi connectivity index (χ3v) is 4.15. The normalized spacial score (nSPS) is 15.1. The summed E-state index contributed by atoms with van der Waals surface area (Å²) in [7, 11) is 0. The van der Waals surface area contributed by atoms with Crippen molar-refractivity contribution < 1.29 is 9.90 Å². The monoisotopic (exact) mass is 359 g/mol. The largest absolute Gasteiger partial charge is 0.388 e. The maximum absolute atomic E-state index is 11.8. The summed E-state index contributed by atoms with van der Waals surface area (Å²) >= 11 is 0. The van der Waals surface area contributed by atoms with E-state index in [1.807, 2.05) is 44.2 Å². The number of hydrogen-bond donors (Lipinski definition) is 2. The van der Waals surface area contributed by atoms with E-state index in [0.717, 1.165) is 38.5 Å². The summed E-state index contributed by atoms with van der Waals surface area (Å²) < 4.78 is 0. The van der Waals surface area contributed by atoms with Gasteiger partial charge in [0.25, 0.3) is 0 Å². The van der Waals surface area contributed by atoms with Crippen molar-refractivity contribution in [3.05, 3.63) is 60.8 Å². The van der Waals surface area contributed by atoms with Gasteiger partial charge in [0.15, 0.2) is 0 Å². The van der Waals surface area contributed by atoms with Crippen LogP contribution >= 0.6 is 0 Å². The van der Waals surface area contributed by atoms with E-state index in [9.17, 15) is 9.90 Å². The van der Waals surface area contributed by atoms with Crippen LogP contribution in [0.15, 0.2) is 60.8 Å².